The Balaban J connectivity index is 2.60. The van der Waals surface area contributed by atoms with Gasteiger partial charge in [0, 0.05) is 0 Å². The molecule has 2 nitrogen and oxygen atoms in total. The second-order valence-electron chi connectivity index (χ2n) is 8.20. The van der Waals surface area contributed by atoms with Crippen LogP contribution >= 0.6 is 6.83 Å². The fourth-order valence-electron chi connectivity index (χ4n) is 5.49. The van der Waals surface area contributed by atoms with E-state index in [9.17, 15) is 4.79 Å². The summed E-state index contributed by atoms with van der Waals surface area (Å²) >= 11 is 0. The third-order valence-corrected chi connectivity index (χ3v) is 14.8. The molecule has 164 valence electrons. The average Bonchev–Trinajstić information content (AvgIpc) is 2.86. The van der Waals surface area contributed by atoms with Gasteiger partial charge in [0.1, 0.15) is 0 Å². The van der Waals surface area contributed by atoms with E-state index in [4.69, 9.17) is 4.52 Å². The van der Waals surface area contributed by atoms with Crippen LogP contribution in [-0.2, 0) is 14.5 Å². The molecule has 0 heterocycles. The van der Waals surface area contributed by atoms with Gasteiger partial charge in [0.2, 0.25) is 0 Å². The van der Waals surface area contributed by atoms with Gasteiger partial charge in [0.15, 0.2) is 0 Å². The number of hydrogen-bond acceptors (Lipinski definition) is 2. The normalized spacial score (nSPS) is 13.2. The molecule has 0 atom stereocenters. The first-order valence-electron chi connectivity index (χ1n) is 11.4. The van der Waals surface area contributed by atoms with Gasteiger partial charge in [-0.25, -0.2) is 0 Å². The Hall–Kier alpha value is -2.44. The monoisotopic (exact) mass is 434 g/mol. The fourth-order valence-corrected chi connectivity index (χ4v) is 11.9. The topological polar surface area (TPSA) is 26.3 Å². The Morgan fingerprint density at radius 1 is 0.645 bits per heavy atom. The van der Waals surface area contributed by atoms with E-state index in [1.54, 1.807) is 0 Å². The minimum atomic E-state index is -3.22. The first kappa shape index (κ1) is 23.2. The summed E-state index contributed by atoms with van der Waals surface area (Å²) in [4.78, 5) is 13.1. The molecule has 0 spiro atoms. The molecule has 3 heteroatoms. The van der Waals surface area contributed by atoms with E-state index in [1.807, 2.05) is 6.92 Å². The molecule has 0 saturated carbocycles. The van der Waals surface area contributed by atoms with Gasteiger partial charge in [0.25, 0.3) is 0 Å². The third-order valence-electron chi connectivity index (χ3n) is 7.26. The van der Waals surface area contributed by atoms with Gasteiger partial charge >= 0.3 is 188 Å². The molecule has 3 aromatic rings. The molecule has 0 N–H and O–H groups in total. The van der Waals surface area contributed by atoms with Crippen molar-refractivity contribution < 1.29 is 9.32 Å². The van der Waals surface area contributed by atoms with Crippen molar-refractivity contribution in [3.05, 3.63) is 108 Å². The van der Waals surface area contributed by atoms with Crippen molar-refractivity contribution in [2.24, 2.45) is 0 Å². The molecule has 0 saturated heterocycles. The Kier molecular flexibility index (Phi) is 7.02. The number of benzene rings is 3. The zero-order chi connectivity index (χ0) is 22.4. The third kappa shape index (κ3) is 3.52. The molecule has 0 aliphatic carbocycles. The quantitative estimate of drug-likeness (QED) is 0.258. The van der Waals surface area contributed by atoms with E-state index in [0.29, 0.717) is 6.42 Å². The first-order valence-corrected chi connectivity index (χ1v) is 14.1. The van der Waals surface area contributed by atoms with Crippen LogP contribution in [0.15, 0.2) is 91.0 Å². The standard InChI is InChI=1S/C28H35O2P/c1-5-27(29)30-31(6-2,7-3,8-4)28(24-18-12-9-13-19-24,25-20-14-10-15-21-25)26-22-16-11-17-23-26/h9-23H,5-8H2,1-4H3. The van der Waals surface area contributed by atoms with Gasteiger partial charge in [-0.2, -0.15) is 0 Å². The summed E-state index contributed by atoms with van der Waals surface area (Å²) in [5.74, 6) is -0.101. The van der Waals surface area contributed by atoms with E-state index in [0.717, 1.165) is 18.5 Å². The van der Waals surface area contributed by atoms with Crippen molar-refractivity contribution in [3.63, 3.8) is 0 Å². The molecular formula is C28H35O2P. The van der Waals surface area contributed by atoms with Crippen molar-refractivity contribution in [2.75, 3.05) is 18.5 Å². The van der Waals surface area contributed by atoms with E-state index < -0.39 is 12.0 Å². The van der Waals surface area contributed by atoms with Crippen LogP contribution in [0.5, 0.6) is 0 Å². The molecule has 31 heavy (non-hydrogen) atoms. The van der Waals surface area contributed by atoms with Crippen LogP contribution < -0.4 is 0 Å². The van der Waals surface area contributed by atoms with Crippen LogP contribution in [0.1, 0.15) is 50.8 Å². The van der Waals surface area contributed by atoms with Crippen LogP contribution in [0.25, 0.3) is 0 Å². The van der Waals surface area contributed by atoms with Crippen molar-refractivity contribution in [1.82, 2.24) is 0 Å². The molecule has 0 aliphatic heterocycles. The molecule has 0 aliphatic rings. The van der Waals surface area contributed by atoms with Gasteiger partial charge < -0.3 is 0 Å². The van der Waals surface area contributed by atoms with E-state index in [2.05, 4.69) is 112 Å². The number of carbonyl (C=O) groups excluding carboxylic acids is 1. The Morgan fingerprint density at radius 3 is 1.23 bits per heavy atom. The average molecular weight is 435 g/mol. The second-order valence-corrected chi connectivity index (χ2v) is 14.2. The summed E-state index contributed by atoms with van der Waals surface area (Å²) in [6.07, 6.45) is 2.85. The molecule has 0 aromatic heterocycles. The number of carbonyl (C=O) groups is 1. The SMILES string of the molecule is CCC(=O)OP(CC)(CC)(CC)C(c1ccccc1)(c1ccccc1)c1ccccc1. The van der Waals surface area contributed by atoms with Crippen LogP contribution in [0, 0.1) is 0 Å². The number of hydrogen-bond donors (Lipinski definition) is 0. The predicted octanol–water partition coefficient (Wildman–Crippen LogP) is 7.46. The summed E-state index contributed by atoms with van der Waals surface area (Å²) in [5.41, 5.74) is 3.58. The summed E-state index contributed by atoms with van der Waals surface area (Å²) < 4.78 is 6.84. The molecule has 0 unspecified atom stereocenters. The van der Waals surface area contributed by atoms with E-state index in [-0.39, 0.29) is 5.97 Å². The van der Waals surface area contributed by atoms with Crippen molar-refractivity contribution in [2.45, 2.75) is 39.3 Å². The van der Waals surface area contributed by atoms with Gasteiger partial charge in [0.05, 0.1) is 0 Å². The van der Waals surface area contributed by atoms with Crippen LogP contribution in [0.2, 0.25) is 0 Å². The van der Waals surface area contributed by atoms with E-state index >= 15 is 0 Å². The van der Waals surface area contributed by atoms with Gasteiger partial charge in [-0.3, -0.25) is 0 Å². The zero-order valence-electron chi connectivity index (χ0n) is 19.3. The summed E-state index contributed by atoms with van der Waals surface area (Å²) in [6.45, 7) is 5.33. The molecule has 0 fully saturated rings. The second kappa shape index (κ2) is 9.37. The number of rotatable bonds is 9. The molecular weight excluding hydrogens is 399 g/mol. The molecule has 0 bridgehead atoms. The fraction of sp³-hybridized carbons (Fsp3) is 0.321. The Morgan fingerprint density at radius 2 is 0.968 bits per heavy atom. The van der Waals surface area contributed by atoms with Crippen LogP contribution in [0.3, 0.4) is 0 Å². The van der Waals surface area contributed by atoms with Crippen molar-refractivity contribution in [3.8, 4) is 0 Å². The van der Waals surface area contributed by atoms with Crippen LogP contribution in [-0.4, -0.2) is 24.5 Å². The minimum absolute atomic E-state index is 0.101. The summed E-state index contributed by atoms with van der Waals surface area (Å²) in [7, 11) is 0. The van der Waals surface area contributed by atoms with Gasteiger partial charge in [-0.1, -0.05) is 0 Å². The molecule has 3 aromatic carbocycles. The molecule has 3 rings (SSSR count). The summed E-state index contributed by atoms with van der Waals surface area (Å²) in [6, 6.07) is 32.0. The van der Waals surface area contributed by atoms with Crippen molar-refractivity contribution in [1.29, 1.82) is 0 Å². The van der Waals surface area contributed by atoms with Gasteiger partial charge in [-0.15, -0.1) is 0 Å². The Bertz CT molecular complexity index is 872. The maximum absolute atomic E-state index is 13.1. The van der Waals surface area contributed by atoms with Crippen LogP contribution in [0.4, 0.5) is 0 Å². The van der Waals surface area contributed by atoms with Crippen molar-refractivity contribution >= 4 is 12.8 Å². The molecule has 0 amide bonds. The molecule has 0 radical (unpaired) electrons. The van der Waals surface area contributed by atoms with E-state index in [1.165, 1.54) is 16.7 Å². The maximum atomic E-state index is 13.1. The predicted molar refractivity (Wildman–Crippen MR) is 134 cm³/mol. The first-order chi connectivity index (χ1) is 15.0. The zero-order valence-corrected chi connectivity index (χ0v) is 20.1. The Labute approximate surface area is 187 Å². The summed E-state index contributed by atoms with van der Waals surface area (Å²) in [5, 5.41) is -0.543. The van der Waals surface area contributed by atoms with Gasteiger partial charge in [-0.05, 0) is 0 Å².